The number of benzene rings is 3. The third-order valence-corrected chi connectivity index (χ3v) is 8.16. The molecule has 2 amide bonds. The summed E-state index contributed by atoms with van der Waals surface area (Å²) in [7, 11) is -4.14. The van der Waals surface area contributed by atoms with Crippen molar-refractivity contribution in [1.82, 2.24) is 10.2 Å². The minimum Gasteiger partial charge on any atom is -0.350 e. The van der Waals surface area contributed by atoms with Gasteiger partial charge in [0.2, 0.25) is 11.8 Å². The zero-order valence-electron chi connectivity index (χ0n) is 22.3. The minimum atomic E-state index is -4.14. The van der Waals surface area contributed by atoms with Crippen molar-refractivity contribution >= 4 is 39.1 Å². The average molecular weight is 556 g/mol. The van der Waals surface area contributed by atoms with Gasteiger partial charge in [0, 0.05) is 17.1 Å². The second-order valence-corrected chi connectivity index (χ2v) is 12.4. The van der Waals surface area contributed by atoms with Gasteiger partial charge >= 0.3 is 0 Å². The highest BCUT2D eigenvalue weighted by atomic mass is 35.5. The lowest BCUT2D eigenvalue weighted by Gasteiger charge is -2.34. The van der Waals surface area contributed by atoms with E-state index in [2.05, 4.69) is 5.32 Å². The van der Waals surface area contributed by atoms with E-state index in [1.54, 1.807) is 50.2 Å². The molecule has 0 unspecified atom stereocenters. The molecule has 202 valence electrons. The Bertz CT molecular complexity index is 1370. The SMILES string of the molecule is Cc1c(Cl)cccc1N(CC(=O)N(Cc1ccccc1)[C@@H](C)C(=O)NC(C)(C)C)S(=O)(=O)c1ccccc1. The molecule has 0 saturated heterocycles. The van der Waals surface area contributed by atoms with Crippen molar-refractivity contribution in [2.24, 2.45) is 0 Å². The lowest BCUT2D eigenvalue weighted by atomic mass is 10.1. The summed E-state index contributed by atoms with van der Waals surface area (Å²) in [5.74, 6) is -0.859. The molecule has 3 rings (SSSR count). The molecule has 0 aliphatic rings. The van der Waals surface area contributed by atoms with Gasteiger partial charge in [-0.3, -0.25) is 13.9 Å². The fourth-order valence-electron chi connectivity index (χ4n) is 3.94. The van der Waals surface area contributed by atoms with Crippen LogP contribution in [0.5, 0.6) is 0 Å². The first-order chi connectivity index (χ1) is 17.8. The Labute approximate surface area is 230 Å². The van der Waals surface area contributed by atoms with Crippen LogP contribution in [0.3, 0.4) is 0 Å². The van der Waals surface area contributed by atoms with Crippen LogP contribution in [0.15, 0.2) is 83.8 Å². The number of halogens is 1. The van der Waals surface area contributed by atoms with E-state index in [0.29, 0.717) is 16.3 Å². The molecule has 0 spiro atoms. The van der Waals surface area contributed by atoms with Gasteiger partial charge in [0.25, 0.3) is 10.0 Å². The molecule has 0 aromatic heterocycles. The van der Waals surface area contributed by atoms with E-state index in [-0.39, 0.29) is 17.3 Å². The normalized spacial score (nSPS) is 12.5. The first kappa shape index (κ1) is 29.2. The number of carbonyl (C=O) groups is 2. The quantitative estimate of drug-likeness (QED) is 0.394. The van der Waals surface area contributed by atoms with Gasteiger partial charge in [-0.15, -0.1) is 0 Å². The third-order valence-electron chi connectivity index (χ3n) is 5.98. The molecule has 0 aliphatic carbocycles. The van der Waals surface area contributed by atoms with Gasteiger partial charge in [0.05, 0.1) is 10.6 Å². The first-order valence-electron chi connectivity index (χ1n) is 12.3. The van der Waals surface area contributed by atoms with Gasteiger partial charge < -0.3 is 10.2 Å². The van der Waals surface area contributed by atoms with E-state index in [4.69, 9.17) is 11.6 Å². The fourth-order valence-corrected chi connectivity index (χ4v) is 5.60. The Morgan fingerprint density at radius 1 is 0.921 bits per heavy atom. The van der Waals surface area contributed by atoms with Crippen LogP contribution in [-0.4, -0.2) is 43.3 Å². The molecule has 0 fully saturated rings. The number of carbonyl (C=O) groups excluding carboxylic acids is 2. The predicted molar refractivity (Wildman–Crippen MR) is 152 cm³/mol. The zero-order valence-corrected chi connectivity index (χ0v) is 23.9. The van der Waals surface area contributed by atoms with Gasteiger partial charge in [-0.25, -0.2) is 8.42 Å². The van der Waals surface area contributed by atoms with E-state index in [0.717, 1.165) is 9.87 Å². The number of hydrogen-bond donors (Lipinski definition) is 1. The molecule has 38 heavy (non-hydrogen) atoms. The Balaban J connectivity index is 2.06. The van der Waals surface area contributed by atoms with Crippen LogP contribution in [0.4, 0.5) is 5.69 Å². The van der Waals surface area contributed by atoms with Crippen LogP contribution < -0.4 is 9.62 Å². The molecule has 1 atom stereocenters. The highest BCUT2D eigenvalue weighted by Gasteiger charge is 2.34. The van der Waals surface area contributed by atoms with Crippen LogP contribution in [0.25, 0.3) is 0 Å². The standard InChI is InChI=1S/C29H34ClN3O4S/c1-21-25(30)17-12-18-26(21)33(38(36,37)24-15-10-7-11-16-24)20-27(34)32(19-23-13-8-6-9-14-23)22(2)28(35)31-29(3,4)5/h6-18,22H,19-20H2,1-5H3,(H,31,35)/t22-/m0/s1. The summed E-state index contributed by atoms with van der Waals surface area (Å²) < 4.78 is 28.7. The van der Waals surface area contributed by atoms with Crippen LogP contribution in [0.2, 0.25) is 5.02 Å². The summed E-state index contributed by atoms with van der Waals surface area (Å²) in [6, 6.07) is 21.3. The second-order valence-electron chi connectivity index (χ2n) is 10.1. The molecular formula is C29H34ClN3O4S. The van der Waals surface area contributed by atoms with Gasteiger partial charge in [-0.05, 0) is 70.0 Å². The summed E-state index contributed by atoms with van der Waals surface area (Å²) in [5, 5.41) is 3.29. The maximum Gasteiger partial charge on any atom is 0.264 e. The molecule has 0 radical (unpaired) electrons. The van der Waals surface area contributed by atoms with E-state index in [1.807, 2.05) is 51.1 Å². The summed E-state index contributed by atoms with van der Waals surface area (Å²) >= 11 is 6.34. The van der Waals surface area contributed by atoms with Gasteiger partial charge in [0.1, 0.15) is 12.6 Å². The van der Waals surface area contributed by atoms with Crippen molar-refractivity contribution in [2.75, 3.05) is 10.8 Å². The molecule has 0 bridgehead atoms. The summed E-state index contributed by atoms with van der Waals surface area (Å²) in [6.07, 6.45) is 0. The number of nitrogens with zero attached hydrogens (tertiary/aromatic N) is 2. The highest BCUT2D eigenvalue weighted by molar-refractivity contribution is 7.92. The van der Waals surface area contributed by atoms with Crippen molar-refractivity contribution in [3.05, 3.63) is 95.0 Å². The largest absolute Gasteiger partial charge is 0.350 e. The number of nitrogens with one attached hydrogen (secondary N) is 1. The second kappa shape index (κ2) is 12.0. The molecule has 0 saturated carbocycles. The number of anilines is 1. The Hall–Kier alpha value is -3.36. The molecule has 9 heteroatoms. The smallest absolute Gasteiger partial charge is 0.264 e. The Morgan fingerprint density at radius 3 is 2.08 bits per heavy atom. The maximum absolute atomic E-state index is 13.9. The molecule has 3 aromatic rings. The van der Waals surface area contributed by atoms with Gasteiger partial charge in [0.15, 0.2) is 0 Å². The lowest BCUT2D eigenvalue weighted by Crippen LogP contribution is -2.54. The summed E-state index contributed by atoms with van der Waals surface area (Å²) in [5.41, 5.74) is 1.12. The van der Waals surface area contributed by atoms with Crippen LogP contribution >= 0.6 is 11.6 Å². The number of amides is 2. The van der Waals surface area contributed by atoms with E-state index < -0.39 is 34.1 Å². The van der Waals surface area contributed by atoms with Crippen molar-refractivity contribution in [1.29, 1.82) is 0 Å². The Kier molecular flexibility index (Phi) is 9.22. The number of sulfonamides is 1. The molecule has 3 aromatic carbocycles. The van der Waals surface area contributed by atoms with Crippen LogP contribution in [-0.2, 0) is 26.2 Å². The predicted octanol–water partition coefficient (Wildman–Crippen LogP) is 5.18. The maximum atomic E-state index is 13.9. The van der Waals surface area contributed by atoms with Crippen molar-refractivity contribution in [3.63, 3.8) is 0 Å². The van der Waals surface area contributed by atoms with Crippen molar-refractivity contribution in [3.8, 4) is 0 Å². The molecular weight excluding hydrogens is 522 g/mol. The van der Waals surface area contributed by atoms with E-state index in [1.165, 1.54) is 17.0 Å². The first-order valence-corrected chi connectivity index (χ1v) is 14.1. The monoisotopic (exact) mass is 555 g/mol. The third kappa shape index (κ3) is 7.14. The lowest BCUT2D eigenvalue weighted by molar-refractivity contribution is -0.140. The topological polar surface area (TPSA) is 86.8 Å². The zero-order chi connectivity index (χ0) is 28.1. The molecule has 1 N–H and O–H groups in total. The molecule has 0 aliphatic heterocycles. The van der Waals surface area contributed by atoms with Crippen molar-refractivity contribution in [2.45, 2.75) is 57.6 Å². The van der Waals surface area contributed by atoms with Gasteiger partial charge in [-0.2, -0.15) is 0 Å². The van der Waals surface area contributed by atoms with Gasteiger partial charge in [-0.1, -0.05) is 66.2 Å². The van der Waals surface area contributed by atoms with Crippen molar-refractivity contribution < 1.29 is 18.0 Å². The fraction of sp³-hybridized carbons (Fsp3) is 0.310. The molecule has 7 nitrogen and oxygen atoms in total. The number of hydrogen-bond acceptors (Lipinski definition) is 4. The molecule has 0 heterocycles. The van der Waals surface area contributed by atoms with E-state index >= 15 is 0 Å². The van der Waals surface area contributed by atoms with Crippen LogP contribution in [0, 0.1) is 6.92 Å². The van der Waals surface area contributed by atoms with Crippen LogP contribution in [0.1, 0.15) is 38.8 Å². The minimum absolute atomic E-state index is 0.0420. The summed E-state index contributed by atoms with van der Waals surface area (Å²) in [4.78, 5) is 28.5. The average Bonchev–Trinajstić information content (AvgIpc) is 2.87. The summed E-state index contributed by atoms with van der Waals surface area (Å²) in [6.45, 7) is 8.54. The number of rotatable bonds is 9. The van der Waals surface area contributed by atoms with E-state index in [9.17, 15) is 18.0 Å². The highest BCUT2D eigenvalue weighted by Crippen LogP contribution is 2.31. The Morgan fingerprint density at radius 2 is 1.50 bits per heavy atom.